The van der Waals surface area contributed by atoms with Crippen LogP contribution in [-0.2, 0) is 14.3 Å². The van der Waals surface area contributed by atoms with Crippen LogP contribution in [0, 0.1) is 11.8 Å². The van der Waals surface area contributed by atoms with Gasteiger partial charge in [0.2, 0.25) is 0 Å². The average molecular weight is 332 g/mol. The molecule has 0 fully saturated rings. The molecule has 2 unspecified atom stereocenters. The van der Waals surface area contributed by atoms with Gasteiger partial charge in [-0.25, -0.2) is 19.2 Å². The van der Waals surface area contributed by atoms with E-state index < -0.39 is 36.2 Å². The van der Waals surface area contributed by atoms with E-state index in [4.69, 9.17) is 10.2 Å². The number of carboxylic acid groups (broad SMARTS) is 2. The Bertz CT molecular complexity index is 408. The summed E-state index contributed by atoms with van der Waals surface area (Å²) in [6.45, 7) is 7.11. The van der Waals surface area contributed by atoms with Crippen molar-refractivity contribution >= 4 is 24.1 Å². The van der Waals surface area contributed by atoms with Crippen molar-refractivity contribution in [3.63, 3.8) is 0 Å². The van der Waals surface area contributed by atoms with Gasteiger partial charge in [-0.3, -0.25) is 0 Å². The first-order valence-electron chi connectivity index (χ1n) is 7.27. The largest absolute Gasteiger partial charge is 0.465 e. The zero-order valence-corrected chi connectivity index (χ0v) is 13.7. The molecule has 0 aromatic heterocycles. The highest BCUT2D eigenvalue weighted by molar-refractivity contribution is 5.93. The number of hydrogen-bond donors (Lipinski definition) is 4. The molecule has 0 bridgehead atoms. The van der Waals surface area contributed by atoms with E-state index in [-0.39, 0.29) is 24.7 Å². The first kappa shape index (κ1) is 20.7. The van der Waals surface area contributed by atoms with Gasteiger partial charge in [0, 0.05) is 0 Å². The normalized spacial score (nSPS) is 13.3. The van der Waals surface area contributed by atoms with Gasteiger partial charge in [-0.15, -0.1) is 0 Å². The third kappa shape index (κ3) is 9.33. The summed E-state index contributed by atoms with van der Waals surface area (Å²) in [5.41, 5.74) is 0. The molecule has 0 aliphatic carbocycles. The van der Waals surface area contributed by atoms with Crippen LogP contribution < -0.4 is 10.6 Å². The summed E-state index contributed by atoms with van der Waals surface area (Å²) in [7, 11) is 0. The molecular formula is C14H24N2O7. The van der Waals surface area contributed by atoms with Gasteiger partial charge in [0.1, 0.15) is 12.1 Å². The van der Waals surface area contributed by atoms with E-state index in [1.807, 2.05) is 10.6 Å². The zero-order chi connectivity index (χ0) is 18.2. The van der Waals surface area contributed by atoms with Crippen molar-refractivity contribution in [2.24, 2.45) is 11.8 Å². The summed E-state index contributed by atoms with van der Waals surface area (Å²) in [6, 6.07) is -2.39. The number of carbonyl (C=O) groups is 4. The molecule has 0 aromatic rings. The molecule has 2 amide bonds. The highest BCUT2D eigenvalue weighted by Crippen LogP contribution is 2.10. The fourth-order valence-corrected chi connectivity index (χ4v) is 1.91. The van der Waals surface area contributed by atoms with Crippen molar-refractivity contribution in [2.45, 2.75) is 52.6 Å². The summed E-state index contributed by atoms with van der Waals surface area (Å²) in [5, 5.41) is 21.4. The van der Waals surface area contributed by atoms with E-state index in [9.17, 15) is 19.2 Å². The van der Waals surface area contributed by atoms with E-state index in [0.717, 1.165) is 0 Å². The fourth-order valence-electron chi connectivity index (χ4n) is 1.91. The first-order chi connectivity index (χ1) is 10.5. The molecule has 4 N–H and O–H groups in total. The van der Waals surface area contributed by atoms with Gasteiger partial charge < -0.3 is 25.6 Å². The molecule has 0 saturated carbocycles. The van der Waals surface area contributed by atoms with Gasteiger partial charge in [0.25, 0.3) is 0 Å². The minimum Gasteiger partial charge on any atom is -0.465 e. The smallest absolute Gasteiger partial charge is 0.405 e. The van der Waals surface area contributed by atoms with Gasteiger partial charge in [-0.05, 0) is 24.7 Å². The van der Waals surface area contributed by atoms with Crippen LogP contribution in [0.15, 0.2) is 0 Å². The van der Waals surface area contributed by atoms with Crippen LogP contribution in [0.2, 0.25) is 0 Å². The maximum absolute atomic E-state index is 12.0. The van der Waals surface area contributed by atoms with Crippen molar-refractivity contribution in [3.8, 4) is 0 Å². The van der Waals surface area contributed by atoms with Gasteiger partial charge in [0.05, 0.1) is 0 Å². The fraction of sp³-hybridized carbons (Fsp3) is 0.714. The summed E-state index contributed by atoms with van der Waals surface area (Å²) < 4.78 is 4.65. The van der Waals surface area contributed by atoms with Crippen LogP contribution in [-0.4, -0.2) is 46.4 Å². The van der Waals surface area contributed by atoms with E-state index in [0.29, 0.717) is 0 Å². The number of carbonyl (C=O) groups excluding carboxylic acids is 2. The SMILES string of the molecule is CC(C)CC(NC(=O)O)C(=O)OC(=O)C(CC(C)C)NC(=O)O. The quantitative estimate of drug-likeness (QED) is 0.389. The molecule has 0 aliphatic heterocycles. The summed E-state index contributed by atoms with van der Waals surface area (Å²) in [5.74, 6) is -2.13. The van der Waals surface area contributed by atoms with Crippen LogP contribution in [0.1, 0.15) is 40.5 Å². The lowest BCUT2D eigenvalue weighted by Gasteiger charge is -2.20. The Morgan fingerprint density at radius 2 is 1.09 bits per heavy atom. The number of nitrogens with one attached hydrogen (secondary N) is 2. The Kier molecular flexibility index (Phi) is 8.67. The summed E-state index contributed by atoms with van der Waals surface area (Å²) in [4.78, 5) is 45.3. The van der Waals surface area contributed by atoms with Crippen LogP contribution in [0.25, 0.3) is 0 Å². The Balaban J connectivity index is 4.92. The topological polar surface area (TPSA) is 142 Å². The Hall–Kier alpha value is -2.32. The molecule has 9 nitrogen and oxygen atoms in total. The predicted molar refractivity (Wildman–Crippen MR) is 79.9 cm³/mol. The molecule has 0 spiro atoms. The predicted octanol–water partition coefficient (Wildman–Crippen LogP) is 1.42. The minimum atomic E-state index is -1.41. The molecule has 2 atom stereocenters. The molecule has 0 radical (unpaired) electrons. The van der Waals surface area contributed by atoms with Crippen molar-refractivity contribution in [3.05, 3.63) is 0 Å². The number of amides is 2. The molecule has 0 aromatic carbocycles. The van der Waals surface area contributed by atoms with Crippen LogP contribution in [0.3, 0.4) is 0 Å². The standard InChI is InChI=1S/C14H24N2O7/c1-7(2)5-9(15-13(19)20)11(17)23-12(18)10(6-8(3)4)16-14(21)22/h7-10,15-16H,5-6H2,1-4H3,(H,19,20)(H,21,22). The Labute approximate surface area is 134 Å². The third-order valence-electron chi connectivity index (χ3n) is 2.78. The van der Waals surface area contributed by atoms with E-state index in [2.05, 4.69) is 4.74 Å². The Morgan fingerprint density at radius 3 is 1.30 bits per heavy atom. The number of hydrogen-bond acceptors (Lipinski definition) is 5. The average Bonchev–Trinajstić information content (AvgIpc) is 2.34. The maximum atomic E-state index is 12.0. The third-order valence-corrected chi connectivity index (χ3v) is 2.78. The lowest BCUT2D eigenvalue weighted by Crippen LogP contribution is -2.47. The summed E-state index contributed by atoms with van der Waals surface area (Å²) >= 11 is 0. The van der Waals surface area contributed by atoms with Gasteiger partial charge in [-0.2, -0.15) is 0 Å². The summed E-state index contributed by atoms with van der Waals surface area (Å²) in [6.07, 6.45) is -2.52. The maximum Gasteiger partial charge on any atom is 0.405 e. The van der Waals surface area contributed by atoms with Crippen LogP contribution in [0.4, 0.5) is 9.59 Å². The second-order valence-electron chi connectivity index (χ2n) is 6.00. The molecule has 9 heteroatoms. The van der Waals surface area contributed by atoms with E-state index in [1.54, 1.807) is 27.7 Å². The van der Waals surface area contributed by atoms with Crippen molar-refractivity contribution in [1.29, 1.82) is 0 Å². The van der Waals surface area contributed by atoms with E-state index in [1.165, 1.54) is 0 Å². The first-order valence-corrected chi connectivity index (χ1v) is 7.27. The Morgan fingerprint density at radius 1 is 0.783 bits per heavy atom. The van der Waals surface area contributed by atoms with Crippen molar-refractivity contribution in [1.82, 2.24) is 10.6 Å². The molecule has 132 valence electrons. The molecule has 0 aliphatic rings. The van der Waals surface area contributed by atoms with Crippen molar-refractivity contribution < 1.29 is 34.1 Å². The lowest BCUT2D eigenvalue weighted by molar-refractivity contribution is -0.163. The van der Waals surface area contributed by atoms with Crippen LogP contribution >= 0.6 is 0 Å². The van der Waals surface area contributed by atoms with Gasteiger partial charge in [-0.1, -0.05) is 27.7 Å². The van der Waals surface area contributed by atoms with Gasteiger partial charge >= 0.3 is 24.1 Å². The minimum absolute atomic E-state index is 0.0156. The number of ether oxygens (including phenoxy) is 1. The highest BCUT2D eigenvalue weighted by atomic mass is 16.6. The molecule has 23 heavy (non-hydrogen) atoms. The molecule has 0 heterocycles. The molecule has 0 saturated heterocycles. The second kappa shape index (κ2) is 9.65. The van der Waals surface area contributed by atoms with Crippen LogP contribution in [0.5, 0.6) is 0 Å². The second-order valence-corrected chi connectivity index (χ2v) is 6.00. The molecular weight excluding hydrogens is 308 g/mol. The monoisotopic (exact) mass is 332 g/mol. The zero-order valence-electron chi connectivity index (χ0n) is 13.7. The van der Waals surface area contributed by atoms with E-state index >= 15 is 0 Å². The van der Waals surface area contributed by atoms with Crippen molar-refractivity contribution in [2.75, 3.05) is 0 Å². The highest BCUT2D eigenvalue weighted by Gasteiger charge is 2.30. The number of esters is 2. The molecule has 0 rings (SSSR count). The number of rotatable bonds is 8. The van der Waals surface area contributed by atoms with Gasteiger partial charge in [0.15, 0.2) is 0 Å². The lowest BCUT2D eigenvalue weighted by atomic mass is 10.0.